The van der Waals surface area contributed by atoms with Gasteiger partial charge in [0, 0.05) is 43.6 Å². The van der Waals surface area contributed by atoms with Crippen molar-refractivity contribution in [3.63, 3.8) is 0 Å². The second-order valence-electron chi connectivity index (χ2n) is 8.52. The third-order valence-electron chi connectivity index (χ3n) is 5.91. The zero-order valence-corrected chi connectivity index (χ0v) is 16.4. The van der Waals surface area contributed by atoms with E-state index in [0.29, 0.717) is 30.0 Å². The molecule has 0 saturated carbocycles. The number of hydrogen-bond donors (Lipinski definition) is 0. The summed E-state index contributed by atoms with van der Waals surface area (Å²) in [5, 5.41) is 9.08. The number of rotatable bonds is 4. The first-order chi connectivity index (χ1) is 12.9. The minimum Gasteiger partial charge on any atom is -0.342 e. The Kier molecular flexibility index (Phi) is 5.84. The smallest absolute Gasteiger partial charge is 0.253 e. The number of nitriles is 1. The van der Waals surface area contributed by atoms with E-state index in [2.05, 4.69) is 19.9 Å². The van der Waals surface area contributed by atoms with E-state index >= 15 is 0 Å². The quantitative estimate of drug-likeness (QED) is 0.819. The topological polar surface area (TPSA) is 64.4 Å². The van der Waals surface area contributed by atoms with Crippen LogP contribution < -0.4 is 0 Å². The van der Waals surface area contributed by atoms with E-state index in [1.54, 1.807) is 24.3 Å². The van der Waals surface area contributed by atoms with E-state index in [1.165, 1.54) is 0 Å². The first-order valence-electron chi connectivity index (χ1n) is 10.00. The number of amides is 2. The van der Waals surface area contributed by atoms with Crippen molar-refractivity contribution in [3.8, 4) is 6.07 Å². The van der Waals surface area contributed by atoms with Crippen LogP contribution in [-0.4, -0.2) is 47.8 Å². The fourth-order valence-corrected chi connectivity index (χ4v) is 4.34. The lowest BCUT2D eigenvalue weighted by molar-refractivity contribution is -0.139. The SMILES string of the molecule is CC(C)CCN1C[C@@]2(CCCN(C(=O)c3cccc(C#N)c3)C2)CCC1=O. The van der Waals surface area contributed by atoms with Crippen molar-refractivity contribution >= 4 is 11.8 Å². The number of carbonyl (C=O) groups excluding carboxylic acids is 2. The number of nitrogens with zero attached hydrogens (tertiary/aromatic N) is 3. The van der Waals surface area contributed by atoms with Crippen LogP contribution >= 0.6 is 0 Å². The van der Waals surface area contributed by atoms with Gasteiger partial charge in [-0.3, -0.25) is 9.59 Å². The van der Waals surface area contributed by atoms with Gasteiger partial charge in [0.1, 0.15) is 0 Å². The number of hydrogen-bond acceptors (Lipinski definition) is 3. The average molecular weight is 367 g/mol. The third-order valence-corrected chi connectivity index (χ3v) is 5.91. The van der Waals surface area contributed by atoms with Crippen LogP contribution in [0.4, 0.5) is 0 Å². The van der Waals surface area contributed by atoms with E-state index in [1.807, 2.05) is 9.80 Å². The molecule has 2 fully saturated rings. The third kappa shape index (κ3) is 4.50. The number of benzene rings is 1. The molecular formula is C22H29N3O2. The summed E-state index contributed by atoms with van der Waals surface area (Å²) in [6, 6.07) is 9.03. The maximum atomic E-state index is 13.0. The van der Waals surface area contributed by atoms with Gasteiger partial charge in [-0.15, -0.1) is 0 Å². The predicted octanol–water partition coefficient (Wildman–Crippen LogP) is 3.45. The molecule has 0 bridgehead atoms. The monoisotopic (exact) mass is 367 g/mol. The van der Waals surface area contributed by atoms with Crippen LogP contribution in [0.1, 0.15) is 61.9 Å². The van der Waals surface area contributed by atoms with E-state index < -0.39 is 0 Å². The Morgan fingerprint density at radius 1 is 1.30 bits per heavy atom. The highest BCUT2D eigenvalue weighted by molar-refractivity contribution is 5.94. The molecule has 2 aliphatic heterocycles. The van der Waals surface area contributed by atoms with Gasteiger partial charge in [-0.2, -0.15) is 5.26 Å². The van der Waals surface area contributed by atoms with E-state index in [9.17, 15) is 9.59 Å². The van der Waals surface area contributed by atoms with Crippen LogP contribution in [0.25, 0.3) is 0 Å². The summed E-state index contributed by atoms with van der Waals surface area (Å²) in [4.78, 5) is 29.3. The molecule has 1 aromatic rings. The molecule has 144 valence electrons. The lowest BCUT2D eigenvalue weighted by Gasteiger charge is -2.48. The lowest BCUT2D eigenvalue weighted by atomic mass is 9.73. The van der Waals surface area contributed by atoms with Gasteiger partial charge < -0.3 is 9.80 Å². The van der Waals surface area contributed by atoms with Gasteiger partial charge in [0.2, 0.25) is 5.91 Å². The van der Waals surface area contributed by atoms with Gasteiger partial charge in [-0.05, 0) is 49.8 Å². The summed E-state index contributed by atoms with van der Waals surface area (Å²) in [7, 11) is 0. The molecule has 2 heterocycles. The van der Waals surface area contributed by atoms with E-state index in [0.717, 1.165) is 45.3 Å². The molecule has 0 aromatic heterocycles. The molecule has 5 nitrogen and oxygen atoms in total. The van der Waals surface area contributed by atoms with Crippen molar-refractivity contribution in [2.75, 3.05) is 26.2 Å². The largest absolute Gasteiger partial charge is 0.342 e. The van der Waals surface area contributed by atoms with Gasteiger partial charge in [-0.1, -0.05) is 19.9 Å². The molecule has 1 spiro atoms. The van der Waals surface area contributed by atoms with Crippen molar-refractivity contribution in [2.24, 2.45) is 11.3 Å². The Balaban J connectivity index is 1.71. The van der Waals surface area contributed by atoms with Crippen LogP contribution in [-0.2, 0) is 4.79 Å². The highest BCUT2D eigenvalue weighted by Crippen LogP contribution is 2.39. The molecular weight excluding hydrogens is 338 g/mol. The fourth-order valence-electron chi connectivity index (χ4n) is 4.34. The summed E-state index contributed by atoms with van der Waals surface area (Å²) in [6.07, 6.45) is 4.51. The number of piperidine rings is 2. The summed E-state index contributed by atoms with van der Waals surface area (Å²) in [6.45, 7) is 7.39. The van der Waals surface area contributed by atoms with Crippen molar-refractivity contribution < 1.29 is 9.59 Å². The standard InChI is InChI=1S/C22H29N3O2/c1-17(2)8-12-24-15-22(10-7-20(24)26)9-4-11-25(16-22)21(27)19-6-3-5-18(13-19)14-23/h3,5-6,13,17H,4,7-12,15-16H2,1-2H3/t22-/m1/s1. The Morgan fingerprint density at radius 3 is 2.85 bits per heavy atom. The zero-order valence-electron chi connectivity index (χ0n) is 16.4. The summed E-state index contributed by atoms with van der Waals surface area (Å²) >= 11 is 0. The van der Waals surface area contributed by atoms with E-state index in [4.69, 9.17) is 5.26 Å². The molecule has 0 radical (unpaired) electrons. The van der Waals surface area contributed by atoms with Crippen molar-refractivity contribution in [2.45, 2.75) is 46.0 Å². The molecule has 2 amide bonds. The van der Waals surface area contributed by atoms with Crippen LogP contribution in [0.2, 0.25) is 0 Å². The highest BCUT2D eigenvalue weighted by Gasteiger charge is 2.42. The number of carbonyl (C=O) groups is 2. The van der Waals surface area contributed by atoms with E-state index in [-0.39, 0.29) is 17.2 Å². The molecule has 2 saturated heterocycles. The normalized spacial score (nSPS) is 23.0. The van der Waals surface area contributed by atoms with Gasteiger partial charge >= 0.3 is 0 Å². The van der Waals surface area contributed by atoms with Crippen LogP contribution in [0, 0.1) is 22.7 Å². The van der Waals surface area contributed by atoms with Crippen molar-refractivity contribution in [1.29, 1.82) is 5.26 Å². The fraction of sp³-hybridized carbons (Fsp3) is 0.591. The predicted molar refractivity (Wildman–Crippen MR) is 104 cm³/mol. The van der Waals surface area contributed by atoms with Gasteiger partial charge in [0.25, 0.3) is 5.91 Å². The second kappa shape index (κ2) is 8.12. The second-order valence-corrected chi connectivity index (χ2v) is 8.52. The average Bonchev–Trinajstić information content (AvgIpc) is 2.68. The van der Waals surface area contributed by atoms with Gasteiger partial charge in [0.05, 0.1) is 11.6 Å². The zero-order chi connectivity index (χ0) is 19.4. The lowest BCUT2D eigenvalue weighted by Crippen LogP contribution is -2.55. The first kappa shape index (κ1) is 19.4. The summed E-state index contributed by atoms with van der Waals surface area (Å²) < 4.78 is 0. The molecule has 3 rings (SSSR count). The van der Waals surface area contributed by atoms with Crippen LogP contribution in [0.15, 0.2) is 24.3 Å². The van der Waals surface area contributed by atoms with Crippen LogP contribution in [0.5, 0.6) is 0 Å². The molecule has 27 heavy (non-hydrogen) atoms. The minimum absolute atomic E-state index is 0.00296. The highest BCUT2D eigenvalue weighted by atomic mass is 16.2. The molecule has 0 aliphatic carbocycles. The number of likely N-dealkylation sites (tertiary alicyclic amines) is 2. The summed E-state index contributed by atoms with van der Waals surface area (Å²) in [5.74, 6) is 0.829. The molecule has 5 heteroatoms. The Labute approximate surface area is 161 Å². The minimum atomic E-state index is -0.00296. The maximum Gasteiger partial charge on any atom is 0.253 e. The first-order valence-corrected chi connectivity index (χ1v) is 10.00. The summed E-state index contributed by atoms with van der Waals surface area (Å²) in [5.41, 5.74) is 1.11. The Hall–Kier alpha value is -2.35. The van der Waals surface area contributed by atoms with Crippen LogP contribution in [0.3, 0.4) is 0 Å². The van der Waals surface area contributed by atoms with Gasteiger partial charge in [0.15, 0.2) is 0 Å². The molecule has 0 unspecified atom stereocenters. The van der Waals surface area contributed by atoms with Crippen molar-refractivity contribution in [1.82, 2.24) is 9.80 Å². The Bertz CT molecular complexity index is 752. The molecule has 1 atom stereocenters. The maximum absolute atomic E-state index is 13.0. The molecule has 2 aliphatic rings. The molecule has 1 aromatic carbocycles. The Morgan fingerprint density at radius 2 is 2.11 bits per heavy atom. The van der Waals surface area contributed by atoms with Gasteiger partial charge in [-0.25, -0.2) is 0 Å². The van der Waals surface area contributed by atoms with Crippen molar-refractivity contribution in [3.05, 3.63) is 35.4 Å². The molecule has 0 N–H and O–H groups in total.